The van der Waals surface area contributed by atoms with E-state index in [-0.39, 0.29) is 12.4 Å². The van der Waals surface area contributed by atoms with Gasteiger partial charge in [0.25, 0.3) is 0 Å². The Labute approximate surface area is 147 Å². The van der Waals surface area contributed by atoms with Gasteiger partial charge in [-0.1, -0.05) is 41.9 Å². The molecule has 24 heavy (non-hydrogen) atoms. The Balaban J connectivity index is 1.72. The molecule has 3 rings (SSSR count). The maximum Gasteiger partial charge on any atom is 0.350 e. The van der Waals surface area contributed by atoms with Crippen molar-refractivity contribution >= 4 is 44.8 Å². The van der Waals surface area contributed by atoms with Crippen LogP contribution in [0.4, 0.5) is 0 Å². The molecule has 0 spiro atoms. The first-order chi connectivity index (χ1) is 11.6. The zero-order chi connectivity index (χ0) is 17.1. The Hall–Kier alpha value is -2.37. The van der Waals surface area contributed by atoms with Crippen molar-refractivity contribution in [3.8, 4) is 5.75 Å². The average Bonchev–Trinajstić information content (AvgIpc) is 2.96. The van der Waals surface area contributed by atoms with Crippen molar-refractivity contribution in [2.24, 2.45) is 0 Å². The minimum Gasteiger partial charge on any atom is -0.497 e. The van der Waals surface area contributed by atoms with Gasteiger partial charge in [0.05, 0.1) is 12.1 Å². The van der Waals surface area contributed by atoms with Gasteiger partial charge in [-0.05, 0) is 18.2 Å². The molecule has 1 aromatic heterocycles. The maximum atomic E-state index is 12.2. The highest BCUT2D eigenvalue weighted by molar-refractivity contribution is 7.21. The van der Waals surface area contributed by atoms with Gasteiger partial charge in [-0.25, -0.2) is 4.79 Å². The highest BCUT2D eigenvalue weighted by Crippen LogP contribution is 2.35. The molecule has 6 heteroatoms. The van der Waals surface area contributed by atoms with Gasteiger partial charge in [0, 0.05) is 15.6 Å². The molecule has 4 nitrogen and oxygen atoms in total. The Morgan fingerprint density at radius 1 is 1.12 bits per heavy atom. The first kappa shape index (κ1) is 16.5. The van der Waals surface area contributed by atoms with Crippen LogP contribution in [0.15, 0.2) is 48.5 Å². The van der Waals surface area contributed by atoms with Crippen molar-refractivity contribution in [2.45, 2.75) is 0 Å². The van der Waals surface area contributed by atoms with Gasteiger partial charge in [0.1, 0.15) is 10.6 Å². The number of thiophene rings is 1. The van der Waals surface area contributed by atoms with E-state index >= 15 is 0 Å². The maximum absolute atomic E-state index is 12.2. The highest BCUT2D eigenvalue weighted by Gasteiger charge is 2.19. The van der Waals surface area contributed by atoms with Crippen LogP contribution < -0.4 is 4.74 Å². The third-order valence-corrected chi connectivity index (χ3v) is 5.10. The van der Waals surface area contributed by atoms with E-state index < -0.39 is 5.97 Å². The molecule has 3 aromatic rings. The molecule has 0 N–H and O–H groups in total. The fourth-order valence-corrected chi connectivity index (χ4v) is 3.62. The van der Waals surface area contributed by atoms with Crippen molar-refractivity contribution in [3.05, 3.63) is 64.0 Å². The van der Waals surface area contributed by atoms with Crippen LogP contribution in [0.1, 0.15) is 20.0 Å². The number of methoxy groups -OCH3 is 1. The lowest BCUT2D eigenvalue weighted by atomic mass is 10.1. The number of halogens is 1. The molecule has 0 fully saturated rings. The summed E-state index contributed by atoms with van der Waals surface area (Å²) in [4.78, 5) is 24.7. The van der Waals surface area contributed by atoms with Crippen LogP contribution in [0.25, 0.3) is 10.1 Å². The standard InChI is InChI=1S/C18H13ClO4S/c1-22-12-6-4-5-11(9-12)14(20)10-23-18(21)17-16(19)13-7-2-3-8-15(13)24-17/h2-9H,10H2,1H3. The molecule has 0 saturated heterocycles. The van der Waals surface area contributed by atoms with Crippen LogP contribution >= 0.6 is 22.9 Å². The topological polar surface area (TPSA) is 52.6 Å². The Morgan fingerprint density at radius 2 is 1.92 bits per heavy atom. The fraction of sp³-hybridized carbons (Fsp3) is 0.111. The predicted molar refractivity (Wildman–Crippen MR) is 94.4 cm³/mol. The van der Waals surface area contributed by atoms with Gasteiger partial charge in [-0.15, -0.1) is 11.3 Å². The molecular weight excluding hydrogens is 348 g/mol. The quantitative estimate of drug-likeness (QED) is 0.492. The summed E-state index contributed by atoms with van der Waals surface area (Å²) < 4.78 is 11.1. The van der Waals surface area contributed by atoms with Crippen LogP contribution in [-0.2, 0) is 4.74 Å². The Morgan fingerprint density at radius 3 is 2.67 bits per heavy atom. The number of hydrogen-bond donors (Lipinski definition) is 0. The molecule has 0 aliphatic heterocycles. The molecule has 1 heterocycles. The number of fused-ring (bicyclic) bond motifs is 1. The summed E-state index contributed by atoms with van der Waals surface area (Å²) in [6.45, 7) is -0.351. The number of rotatable bonds is 5. The van der Waals surface area contributed by atoms with E-state index in [9.17, 15) is 9.59 Å². The molecule has 0 radical (unpaired) electrons. The van der Waals surface area contributed by atoms with Crippen molar-refractivity contribution in [3.63, 3.8) is 0 Å². The number of carbonyl (C=O) groups excluding carboxylic acids is 2. The number of esters is 1. The van der Waals surface area contributed by atoms with E-state index in [0.29, 0.717) is 21.2 Å². The predicted octanol–water partition coefficient (Wildman–Crippen LogP) is 4.60. The molecule has 0 amide bonds. The van der Waals surface area contributed by atoms with E-state index in [0.717, 1.165) is 10.1 Å². The van der Waals surface area contributed by atoms with E-state index in [4.69, 9.17) is 21.1 Å². The monoisotopic (exact) mass is 360 g/mol. The molecule has 2 aromatic carbocycles. The van der Waals surface area contributed by atoms with E-state index in [2.05, 4.69) is 0 Å². The molecule has 0 unspecified atom stereocenters. The van der Waals surface area contributed by atoms with Gasteiger partial charge in [0.15, 0.2) is 12.4 Å². The Kier molecular flexibility index (Phi) is 4.83. The number of Topliss-reactive ketones (excluding diaryl/α,β-unsaturated/α-hetero) is 1. The first-order valence-corrected chi connectivity index (χ1v) is 8.31. The lowest BCUT2D eigenvalue weighted by Gasteiger charge is -2.05. The molecular formula is C18H13ClO4S. The zero-order valence-electron chi connectivity index (χ0n) is 12.7. The minimum absolute atomic E-state index is 0.302. The number of benzene rings is 2. The first-order valence-electron chi connectivity index (χ1n) is 7.11. The second-order valence-corrected chi connectivity index (χ2v) is 6.40. The summed E-state index contributed by atoms with van der Waals surface area (Å²) in [5.41, 5.74) is 0.421. The normalized spacial score (nSPS) is 10.6. The molecule has 0 aliphatic carbocycles. The fourth-order valence-electron chi connectivity index (χ4n) is 2.22. The van der Waals surface area contributed by atoms with Gasteiger partial charge in [-0.2, -0.15) is 0 Å². The van der Waals surface area contributed by atoms with Gasteiger partial charge in [-0.3, -0.25) is 4.79 Å². The summed E-state index contributed by atoms with van der Waals surface area (Å²) >= 11 is 7.48. The summed E-state index contributed by atoms with van der Waals surface area (Å²) in [6, 6.07) is 14.1. The summed E-state index contributed by atoms with van der Waals surface area (Å²) in [5.74, 6) is -0.336. The summed E-state index contributed by atoms with van der Waals surface area (Å²) in [5, 5.41) is 1.16. The molecule has 0 saturated carbocycles. The van der Waals surface area contributed by atoms with E-state index in [1.54, 1.807) is 24.3 Å². The lowest BCUT2D eigenvalue weighted by molar-refractivity contribution is 0.0480. The van der Waals surface area contributed by atoms with E-state index in [1.807, 2.05) is 24.3 Å². The second-order valence-electron chi connectivity index (χ2n) is 4.97. The van der Waals surface area contributed by atoms with Crippen LogP contribution in [-0.4, -0.2) is 25.5 Å². The number of ketones is 1. The average molecular weight is 361 g/mol. The Bertz CT molecular complexity index is 916. The second kappa shape index (κ2) is 7.03. The third-order valence-electron chi connectivity index (χ3n) is 3.45. The van der Waals surface area contributed by atoms with Crippen LogP contribution in [0.5, 0.6) is 5.75 Å². The number of hydrogen-bond acceptors (Lipinski definition) is 5. The largest absolute Gasteiger partial charge is 0.497 e. The SMILES string of the molecule is COc1cccc(C(=O)COC(=O)c2sc3ccccc3c2Cl)c1. The van der Waals surface area contributed by atoms with Gasteiger partial charge >= 0.3 is 5.97 Å². The van der Waals surface area contributed by atoms with Crippen LogP contribution in [0.2, 0.25) is 5.02 Å². The van der Waals surface area contributed by atoms with Crippen molar-refractivity contribution < 1.29 is 19.1 Å². The third kappa shape index (κ3) is 3.27. The smallest absolute Gasteiger partial charge is 0.350 e. The number of carbonyl (C=O) groups is 2. The van der Waals surface area contributed by atoms with Crippen molar-refractivity contribution in [1.29, 1.82) is 0 Å². The molecule has 0 atom stereocenters. The molecule has 0 aliphatic rings. The lowest BCUT2D eigenvalue weighted by Crippen LogP contribution is -2.13. The zero-order valence-corrected chi connectivity index (χ0v) is 14.3. The van der Waals surface area contributed by atoms with Gasteiger partial charge < -0.3 is 9.47 Å². The van der Waals surface area contributed by atoms with Crippen molar-refractivity contribution in [2.75, 3.05) is 13.7 Å². The summed E-state index contributed by atoms with van der Waals surface area (Å²) in [6.07, 6.45) is 0. The molecule has 122 valence electrons. The van der Waals surface area contributed by atoms with Gasteiger partial charge in [0.2, 0.25) is 0 Å². The minimum atomic E-state index is -0.600. The summed E-state index contributed by atoms with van der Waals surface area (Å²) in [7, 11) is 1.52. The van der Waals surface area contributed by atoms with Crippen molar-refractivity contribution in [1.82, 2.24) is 0 Å². The van der Waals surface area contributed by atoms with Crippen LogP contribution in [0, 0.1) is 0 Å². The van der Waals surface area contributed by atoms with Crippen LogP contribution in [0.3, 0.4) is 0 Å². The van der Waals surface area contributed by atoms with E-state index in [1.165, 1.54) is 18.4 Å². The molecule has 0 bridgehead atoms. The highest BCUT2D eigenvalue weighted by atomic mass is 35.5. The number of ether oxygens (including phenoxy) is 2.